The van der Waals surface area contributed by atoms with Gasteiger partial charge < -0.3 is 15.2 Å². The van der Waals surface area contributed by atoms with Crippen molar-refractivity contribution in [3.8, 4) is 16.9 Å². The summed E-state index contributed by atoms with van der Waals surface area (Å²) < 4.78 is 10.1. The zero-order valence-electron chi connectivity index (χ0n) is 17.9. The lowest BCUT2D eigenvalue weighted by atomic mass is 9.89. The number of carbonyl (C=O) groups is 1. The molecule has 4 aromatic rings. The fourth-order valence-electron chi connectivity index (χ4n) is 3.68. The number of hydrogen-bond donors (Lipinski definition) is 1. The monoisotopic (exact) mass is 444 g/mol. The van der Waals surface area contributed by atoms with Crippen molar-refractivity contribution in [1.82, 2.24) is 4.98 Å². The lowest BCUT2D eigenvalue weighted by molar-refractivity contribution is 0.0601. The maximum atomic E-state index is 11.6. The van der Waals surface area contributed by atoms with Crippen LogP contribution in [0.15, 0.2) is 78.2 Å². The molecule has 0 radical (unpaired) electrons. The van der Waals surface area contributed by atoms with Crippen molar-refractivity contribution in [1.29, 1.82) is 0 Å². The molecule has 0 saturated carbocycles. The van der Waals surface area contributed by atoms with Gasteiger partial charge in [0.1, 0.15) is 5.75 Å². The molecule has 6 heteroatoms. The quantitative estimate of drug-likeness (QED) is 0.378. The van der Waals surface area contributed by atoms with Crippen LogP contribution in [-0.4, -0.2) is 25.2 Å². The van der Waals surface area contributed by atoms with E-state index in [0.717, 1.165) is 29.0 Å². The van der Waals surface area contributed by atoms with Gasteiger partial charge in [-0.15, -0.1) is 11.3 Å². The summed E-state index contributed by atoms with van der Waals surface area (Å²) in [4.78, 5) is 16.2. The number of hydrogen-bond acceptors (Lipinski definition) is 6. The maximum Gasteiger partial charge on any atom is 0.337 e. The van der Waals surface area contributed by atoms with Crippen molar-refractivity contribution in [2.45, 2.75) is 12.3 Å². The highest BCUT2D eigenvalue weighted by Gasteiger charge is 2.18. The molecule has 0 saturated heterocycles. The van der Waals surface area contributed by atoms with Crippen LogP contribution in [0.25, 0.3) is 11.1 Å². The van der Waals surface area contributed by atoms with Crippen LogP contribution in [0.4, 0.5) is 5.13 Å². The smallest absolute Gasteiger partial charge is 0.337 e. The molecule has 2 N–H and O–H groups in total. The fraction of sp³-hybridized carbons (Fsp3) is 0.154. The highest BCUT2D eigenvalue weighted by Crippen LogP contribution is 2.32. The minimum absolute atomic E-state index is 0.0969. The number of nitrogens with zero attached hydrogens (tertiary/aromatic N) is 1. The van der Waals surface area contributed by atoms with Gasteiger partial charge in [-0.05, 0) is 52.9 Å². The molecular formula is C26H24N2O3S. The zero-order chi connectivity index (χ0) is 22.5. The number of anilines is 1. The Balaban J connectivity index is 1.56. The van der Waals surface area contributed by atoms with Crippen molar-refractivity contribution in [3.05, 3.63) is 101 Å². The molecule has 162 valence electrons. The molecule has 0 aliphatic heterocycles. The normalized spacial score (nSPS) is 11.7. The second kappa shape index (κ2) is 9.66. The Kier molecular flexibility index (Phi) is 6.52. The van der Waals surface area contributed by atoms with Gasteiger partial charge in [-0.2, -0.15) is 0 Å². The summed E-state index contributed by atoms with van der Waals surface area (Å²) in [6.07, 6.45) is 0.803. The van der Waals surface area contributed by atoms with E-state index in [9.17, 15) is 4.79 Å². The fourth-order valence-corrected chi connectivity index (χ4v) is 4.29. The predicted molar refractivity (Wildman–Crippen MR) is 128 cm³/mol. The summed E-state index contributed by atoms with van der Waals surface area (Å²) in [5.41, 5.74) is 11.9. The van der Waals surface area contributed by atoms with E-state index in [2.05, 4.69) is 41.4 Å². The van der Waals surface area contributed by atoms with Crippen LogP contribution in [0.3, 0.4) is 0 Å². The number of rotatable bonds is 7. The molecule has 0 aliphatic rings. The summed E-state index contributed by atoms with van der Waals surface area (Å²) in [6, 6.07) is 24.0. The largest absolute Gasteiger partial charge is 0.497 e. The van der Waals surface area contributed by atoms with Gasteiger partial charge in [-0.25, -0.2) is 9.78 Å². The first-order valence-electron chi connectivity index (χ1n) is 10.2. The molecule has 0 bridgehead atoms. The summed E-state index contributed by atoms with van der Waals surface area (Å²) in [7, 11) is 3.05. The number of carbonyl (C=O) groups excluding carboxylic acids is 1. The molecule has 1 aromatic heterocycles. The first-order chi connectivity index (χ1) is 15.6. The van der Waals surface area contributed by atoms with Crippen LogP contribution in [0, 0.1) is 0 Å². The topological polar surface area (TPSA) is 74.4 Å². The van der Waals surface area contributed by atoms with Gasteiger partial charge in [0.25, 0.3) is 0 Å². The van der Waals surface area contributed by atoms with Gasteiger partial charge in [0, 0.05) is 11.3 Å². The van der Waals surface area contributed by atoms with E-state index in [4.69, 9.17) is 15.2 Å². The van der Waals surface area contributed by atoms with Gasteiger partial charge >= 0.3 is 5.97 Å². The average molecular weight is 445 g/mol. The number of nitrogen functional groups attached to an aromatic ring is 1. The third-order valence-corrected chi connectivity index (χ3v) is 6.14. The van der Waals surface area contributed by atoms with Crippen molar-refractivity contribution in [3.63, 3.8) is 0 Å². The van der Waals surface area contributed by atoms with Gasteiger partial charge in [0.2, 0.25) is 0 Å². The molecule has 0 amide bonds. The zero-order valence-corrected chi connectivity index (χ0v) is 18.8. The Morgan fingerprint density at radius 2 is 1.56 bits per heavy atom. The minimum Gasteiger partial charge on any atom is -0.497 e. The second-order valence-corrected chi connectivity index (χ2v) is 8.30. The number of ether oxygens (including phenoxy) is 2. The molecule has 4 rings (SSSR count). The van der Waals surface area contributed by atoms with Crippen LogP contribution in [0.2, 0.25) is 0 Å². The third-order valence-electron chi connectivity index (χ3n) is 5.45. The van der Waals surface area contributed by atoms with Gasteiger partial charge in [0.15, 0.2) is 5.13 Å². The number of benzene rings is 3. The van der Waals surface area contributed by atoms with Crippen LogP contribution in [0.5, 0.6) is 5.75 Å². The highest BCUT2D eigenvalue weighted by atomic mass is 32.1. The van der Waals surface area contributed by atoms with Crippen LogP contribution >= 0.6 is 11.3 Å². The van der Waals surface area contributed by atoms with E-state index in [1.807, 2.05) is 29.6 Å². The molecule has 0 aliphatic carbocycles. The van der Waals surface area contributed by atoms with Crippen molar-refractivity contribution < 1.29 is 14.3 Å². The second-order valence-electron chi connectivity index (χ2n) is 7.41. The molecule has 1 heterocycles. The summed E-state index contributed by atoms with van der Waals surface area (Å²) >= 11 is 1.46. The Labute approximate surface area is 191 Å². The number of nitrogens with two attached hydrogens (primary N) is 1. The standard InChI is InChI=1S/C26H24N2O3S/c1-30-22-13-11-20(12-14-22)23(24-16-32-26(27)28-24)15-17-3-5-18(6-4-17)19-7-9-21(10-8-19)25(29)31-2/h3-14,16,23H,15H2,1-2H3,(H2,27,28)/t23-/m0/s1. The molecule has 0 unspecified atom stereocenters. The highest BCUT2D eigenvalue weighted by molar-refractivity contribution is 7.13. The Morgan fingerprint density at radius 1 is 0.938 bits per heavy atom. The van der Waals surface area contributed by atoms with E-state index in [-0.39, 0.29) is 11.9 Å². The van der Waals surface area contributed by atoms with Crippen LogP contribution in [0.1, 0.15) is 33.1 Å². The minimum atomic E-state index is -0.334. The summed E-state index contributed by atoms with van der Waals surface area (Å²) in [6.45, 7) is 0. The van der Waals surface area contributed by atoms with E-state index < -0.39 is 0 Å². The Hall–Kier alpha value is -3.64. The van der Waals surface area contributed by atoms with E-state index >= 15 is 0 Å². The molecule has 0 spiro atoms. The van der Waals surface area contributed by atoms with Gasteiger partial charge in [0.05, 0.1) is 25.5 Å². The van der Waals surface area contributed by atoms with Crippen molar-refractivity contribution in [2.75, 3.05) is 20.0 Å². The van der Waals surface area contributed by atoms with Crippen LogP contribution in [-0.2, 0) is 11.2 Å². The first kappa shape index (κ1) is 21.6. The molecule has 3 aromatic carbocycles. The molecule has 5 nitrogen and oxygen atoms in total. The summed E-state index contributed by atoms with van der Waals surface area (Å²) in [5, 5.41) is 2.60. The molecule has 1 atom stereocenters. The van der Waals surface area contributed by atoms with Crippen molar-refractivity contribution in [2.24, 2.45) is 0 Å². The SMILES string of the molecule is COC(=O)c1ccc(-c2ccc(C[C@@H](c3ccc(OC)cc3)c3csc(N)n3)cc2)cc1. The number of aromatic nitrogens is 1. The molecular weight excluding hydrogens is 420 g/mol. The Bertz CT molecular complexity index is 1180. The number of thiazole rings is 1. The average Bonchev–Trinajstić information content (AvgIpc) is 3.28. The van der Waals surface area contributed by atoms with Gasteiger partial charge in [-0.1, -0.05) is 48.5 Å². The van der Waals surface area contributed by atoms with Gasteiger partial charge in [-0.3, -0.25) is 0 Å². The number of methoxy groups -OCH3 is 2. The van der Waals surface area contributed by atoms with E-state index in [1.165, 1.54) is 29.6 Å². The molecule has 0 fully saturated rings. The lowest BCUT2D eigenvalue weighted by Crippen LogP contribution is -2.06. The van der Waals surface area contributed by atoms with E-state index in [0.29, 0.717) is 10.7 Å². The maximum absolute atomic E-state index is 11.6. The van der Waals surface area contributed by atoms with Crippen LogP contribution < -0.4 is 10.5 Å². The van der Waals surface area contributed by atoms with Crippen molar-refractivity contribution >= 4 is 22.4 Å². The molecule has 32 heavy (non-hydrogen) atoms. The lowest BCUT2D eigenvalue weighted by Gasteiger charge is -2.16. The Morgan fingerprint density at radius 3 is 2.09 bits per heavy atom. The third kappa shape index (κ3) is 4.81. The first-order valence-corrected chi connectivity index (χ1v) is 11.1. The summed E-state index contributed by atoms with van der Waals surface area (Å²) in [5.74, 6) is 0.589. The van der Waals surface area contributed by atoms with E-state index in [1.54, 1.807) is 19.2 Å². The predicted octanol–water partition coefficient (Wildman–Crippen LogP) is 5.56. The number of esters is 1.